The molecule has 4 nitrogen and oxygen atoms in total. The Morgan fingerprint density at radius 1 is 1.13 bits per heavy atom. The molecule has 1 atom stereocenters. The van der Waals surface area contributed by atoms with Crippen molar-refractivity contribution in [1.82, 2.24) is 4.72 Å². The van der Waals surface area contributed by atoms with Crippen LogP contribution in [0.15, 0.2) is 53.4 Å². The van der Waals surface area contributed by atoms with Crippen LogP contribution in [0.4, 0.5) is 0 Å². The molecule has 0 spiro atoms. The van der Waals surface area contributed by atoms with Crippen LogP contribution < -0.4 is 9.46 Å². The lowest BCUT2D eigenvalue weighted by molar-refractivity contribution is 0.330. The Kier molecular flexibility index (Phi) is 4.41. The molecule has 3 rings (SSSR count). The predicted octanol–water partition coefficient (Wildman–Crippen LogP) is 3.26. The monoisotopic (exact) mass is 331 g/mol. The number of rotatable bonds is 5. The summed E-state index contributed by atoms with van der Waals surface area (Å²) in [6, 6.07) is 14.8. The molecule has 0 aliphatic carbocycles. The second kappa shape index (κ2) is 6.34. The van der Waals surface area contributed by atoms with Gasteiger partial charge in [0.2, 0.25) is 10.0 Å². The van der Waals surface area contributed by atoms with E-state index >= 15 is 0 Å². The van der Waals surface area contributed by atoms with E-state index in [1.54, 1.807) is 12.1 Å². The molecule has 1 N–H and O–H groups in total. The maximum Gasteiger partial charge on any atom is 0.240 e. The molecule has 1 unspecified atom stereocenters. The topological polar surface area (TPSA) is 55.4 Å². The van der Waals surface area contributed by atoms with Gasteiger partial charge in [0.05, 0.1) is 11.5 Å². The third-order valence-electron chi connectivity index (χ3n) is 4.18. The number of fused-ring (bicyclic) bond motifs is 1. The molecule has 1 aliphatic heterocycles. The highest BCUT2D eigenvalue weighted by Crippen LogP contribution is 2.33. The lowest BCUT2D eigenvalue weighted by atomic mass is 10.0. The van der Waals surface area contributed by atoms with Crippen LogP contribution in [0.5, 0.6) is 5.75 Å². The van der Waals surface area contributed by atoms with E-state index in [2.05, 4.69) is 18.6 Å². The van der Waals surface area contributed by atoms with Crippen LogP contribution in [0.2, 0.25) is 0 Å². The van der Waals surface area contributed by atoms with E-state index in [0.29, 0.717) is 24.0 Å². The Bertz CT molecular complexity index is 782. The molecule has 0 saturated carbocycles. The molecule has 0 amide bonds. The minimum absolute atomic E-state index is 0.0518. The number of sulfonamides is 1. The summed E-state index contributed by atoms with van der Waals surface area (Å²) in [7, 11) is -3.50. The predicted molar refractivity (Wildman–Crippen MR) is 90.4 cm³/mol. The maximum atomic E-state index is 12.4. The Labute approximate surface area is 137 Å². The molecule has 1 heterocycles. The first kappa shape index (κ1) is 16.0. The minimum atomic E-state index is -3.50. The molecule has 0 radical (unpaired) electrons. The SMILES string of the molecule is CC(C)c1ccc(S(=O)(=O)NCC2COc3ccccc32)cc1. The lowest BCUT2D eigenvalue weighted by Gasteiger charge is -2.12. The van der Waals surface area contributed by atoms with Gasteiger partial charge in [-0.15, -0.1) is 0 Å². The highest BCUT2D eigenvalue weighted by atomic mass is 32.2. The van der Waals surface area contributed by atoms with Crippen LogP contribution >= 0.6 is 0 Å². The number of hydrogen-bond donors (Lipinski definition) is 1. The molecule has 2 aromatic rings. The van der Waals surface area contributed by atoms with E-state index in [-0.39, 0.29) is 5.92 Å². The van der Waals surface area contributed by atoms with Crippen LogP contribution in [-0.2, 0) is 10.0 Å². The van der Waals surface area contributed by atoms with E-state index in [1.807, 2.05) is 36.4 Å². The third-order valence-corrected chi connectivity index (χ3v) is 5.62. The van der Waals surface area contributed by atoms with Gasteiger partial charge in [0.15, 0.2) is 0 Å². The summed E-state index contributed by atoms with van der Waals surface area (Å²) >= 11 is 0. The number of nitrogens with one attached hydrogen (secondary N) is 1. The Morgan fingerprint density at radius 3 is 2.52 bits per heavy atom. The minimum Gasteiger partial charge on any atom is -0.493 e. The van der Waals surface area contributed by atoms with Gasteiger partial charge in [0.1, 0.15) is 5.75 Å². The van der Waals surface area contributed by atoms with Crippen LogP contribution in [0.3, 0.4) is 0 Å². The molecule has 0 saturated heterocycles. The Hall–Kier alpha value is -1.85. The first-order valence-corrected chi connectivity index (χ1v) is 9.27. The average molecular weight is 331 g/mol. The van der Waals surface area contributed by atoms with Crippen molar-refractivity contribution in [2.24, 2.45) is 0 Å². The van der Waals surface area contributed by atoms with E-state index in [1.165, 1.54) is 0 Å². The number of para-hydroxylation sites is 1. The zero-order chi connectivity index (χ0) is 16.4. The summed E-state index contributed by atoms with van der Waals surface area (Å²) in [5.41, 5.74) is 2.19. The van der Waals surface area contributed by atoms with Gasteiger partial charge in [-0.3, -0.25) is 0 Å². The fourth-order valence-electron chi connectivity index (χ4n) is 2.72. The molecule has 122 valence electrons. The van der Waals surface area contributed by atoms with Gasteiger partial charge >= 0.3 is 0 Å². The smallest absolute Gasteiger partial charge is 0.240 e. The van der Waals surface area contributed by atoms with E-state index < -0.39 is 10.0 Å². The zero-order valence-corrected chi connectivity index (χ0v) is 14.1. The van der Waals surface area contributed by atoms with Gasteiger partial charge < -0.3 is 4.74 Å². The van der Waals surface area contributed by atoms with Gasteiger partial charge in [-0.05, 0) is 29.7 Å². The fourth-order valence-corrected chi connectivity index (χ4v) is 3.81. The summed E-state index contributed by atoms with van der Waals surface area (Å²) in [5.74, 6) is 1.28. The number of hydrogen-bond acceptors (Lipinski definition) is 3. The normalized spacial score (nSPS) is 17.1. The third kappa shape index (κ3) is 3.41. The molecule has 0 bridgehead atoms. The average Bonchev–Trinajstić information content (AvgIpc) is 2.96. The molecular weight excluding hydrogens is 310 g/mol. The summed E-state index contributed by atoms with van der Waals surface area (Å²) in [4.78, 5) is 0.300. The first-order valence-electron chi connectivity index (χ1n) is 7.79. The van der Waals surface area contributed by atoms with Crippen molar-refractivity contribution in [3.8, 4) is 5.75 Å². The molecule has 1 aliphatic rings. The molecule has 5 heteroatoms. The lowest BCUT2D eigenvalue weighted by Crippen LogP contribution is -2.29. The van der Waals surface area contributed by atoms with E-state index in [0.717, 1.165) is 16.9 Å². The van der Waals surface area contributed by atoms with Crippen molar-refractivity contribution < 1.29 is 13.2 Å². The molecule has 0 aromatic heterocycles. The van der Waals surface area contributed by atoms with E-state index in [4.69, 9.17) is 4.74 Å². The van der Waals surface area contributed by atoms with E-state index in [9.17, 15) is 8.42 Å². The summed E-state index contributed by atoms with van der Waals surface area (Å²) in [6.07, 6.45) is 0. The Balaban J connectivity index is 1.70. The summed E-state index contributed by atoms with van der Waals surface area (Å²) in [5, 5.41) is 0. The van der Waals surface area contributed by atoms with Crippen LogP contribution in [-0.4, -0.2) is 21.6 Å². The highest BCUT2D eigenvalue weighted by molar-refractivity contribution is 7.89. The first-order chi connectivity index (χ1) is 11.0. The summed E-state index contributed by atoms with van der Waals surface area (Å²) < 4.78 is 33.1. The van der Waals surface area contributed by atoms with Gasteiger partial charge in [-0.25, -0.2) is 13.1 Å². The van der Waals surface area contributed by atoms with Crippen LogP contribution in [0, 0.1) is 0 Å². The standard InChI is InChI=1S/C18H21NO3S/c1-13(2)14-7-9-16(10-8-14)23(20,21)19-11-15-12-22-18-6-4-3-5-17(15)18/h3-10,13,15,19H,11-12H2,1-2H3. The van der Waals surface area contributed by atoms with Crippen LogP contribution in [0.25, 0.3) is 0 Å². The quantitative estimate of drug-likeness (QED) is 0.915. The van der Waals surface area contributed by atoms with Crippen molar-refractivity contribution >= 4 is 10.0 Å². The zero-order valence-electron chi connectivity index (χ0n) is 13.3. The van der Waals surface area contributed by atoms with Crippen molar-refractivity contribution in [2.45, 2.75) is 30.6 Å². The summed E-state index contributed by atoms with van der Waals surface area (Å²) in [6.45, 7) is 5.01. The second-order valence-corrected chi connectivity index (χ2v) is 7.89. The molecule has 2 aromatic carbocycles. The molecule has 23 heavy (non-hydrogen) atoms. The van der Waals surface area contributed by atoms with Crippen molar-refractivity contribution in [3.63, 3.8) is 0 Å². The number of ether oxygens (including phenoxy) is 1. The largest absolute Gasteiger partial charge is 0.493 e. The van der Waals surface area contributed by atoms with Crippen LogP contribution in [0.1, 0.15) is 36.8 Å². The van der Waals surface area contributed by atoms with Gasteiger partial charge in [0, 0.05) is 18.0 Å². The molecule has 0 fully saturated rings. The van der Waals surface area contributed by atoms with Crippen molar-refractivity contribution in [2.75, 3.05) is 13.2 Å². The maximum absolute atomic E-state index is 12.4. The van der Waals surface area contributed by atoms with Gasteiger partial charge in [-0.1, -0.05) is 44.2 Å². The van der Waals surface area contributed by atoms with Crippen molar-refractivity contribution in [3.05, 3.63) is 59.7 Å². The fraction of sp³-hybridized carbons (Fsp3) is 0.333. The van der Waals surface area contributed by atoms with Crippen molar-refractivity contribution in [1.29, 1.82) is 0 Å². The second-order valence-electron chi connectivity index (χ2n) is 6.12. The highest BCUT2D eigenvalue weighted by Gasteiger charge is 2.25. The number of benzene rings is 2. The van der Waals surface area contributed by atoms with Gasteiger partial charge in [0.25, 0.3) is 0 Å². The molecular formula is C18H21NO3S. The van der Waals surface area contributed by atoms with Gasteiger partial charge in [-0.2, -0.15) is 0 Å². The Morgan fingerprint density at radius 2 is 1.83 bits per heavy atom.